The number of thioether (sulfide) groups is 1. The zero-order chi connectivity index (χ0) is 24.7. The number of carbonyl (C=O) groups is 2. The van der Waals surface area contributed by atoms with Gasteiger partial charge in [-0.2, -0.15) is 0 Å². The van der Waals surface area contributed by atoms with Crippen LogP contribution in [-0.2, 0) is 16.1 Å². The molecule has 7 nitrogen and oxygen atoms in total. The van der Waals surface area contributed by atoms with Crippen molar-refractivity contribution in [2.45, 2.75) is 44.8 Å². The largest absolute Gasteiger partial charge is 0.465 e. The van der Waals surface area contributed by atoms with E-state index < -0.39 is 5.97 Å². The fourth-order valence-electron chi connectivity index (χ4n) is 3.72. The van der Waals surface area contributed by atoms with Gasteiger partial charge in [-0.25, -0.2) is 9.78 Å². The minimum atomic E-state index is -0.493. The quantitative estimate of drug-likeness (QED) is 0.265. The second-order valence-electron chi connectivity index (χ2n) is 8.54. The van der Waals surface area contributed by atoms with Gasteiger partial charge in [0.25, 0.3) is 5.56 Å². The van der Waals surface area contributed by atoms with E-state index in [0.29, 0.717) is 34.7 Å². The summed E-state index contributed by atoms with van der Waals surface area (Å²) in [6, 6.07) is 14.8. The number of nitrogens with one attached hydrogen (secondary N) is 1. The van der Waals surface area contributed by atoms with Crippen LogP contribution in [0.3, 0.4) is 0 Å². The van der Waals surface area contributed by atoms with Gasteiger partial charge >= 0.3 is 5.97 Å². The highest BCUT2D eigenvalue weighted by atomic mass is 32.2. The first-order chi connectivity index (χ1) is 16.3. The number of hydrogen-bond donors (Lipinski definition) is 1. The number of methoxy groups -OCH3 is 1. The molecule has 1 amide bonds. The van der Waals surface area contributed by atoms with Crippen LogP contribution in [0.1, 0.15) is 49.0 Å². The van der Waals surface area contributed by atoms with Crippen LogP contribution in [0.5, 0.6) is 0 Å². The highest BCUT2D eigenvalue weighted by Gasteiger charge is 2.17. The summed E-state index contributed by atoms with van der Waals surface area (Å²) in [6.45, 7) is 7.17. The average molecular weight is 482 g/mol. The zero-order valence-electron chi connectivity index (χ0n) is 20.0. The Morgan fingerprint density at radius 1 is 1.15 bits per heavy atom. The van der Waals surface area contributed by atoms with Gasteiger partial charge in [0.05, 0.1) is 29.3 Å². The number of rotatable bonds is 10. The highest BCUT2D eigenvalue weighted by Crippen LogP contribution is 2.21. The van der Waals surface area contributed by atoms with Crippen molar-refractivity contribution in [2.24, 2.45) is 5.92 Å². The Balaban J connectivity index is 1.79. The van der Waals surface area contributed by atoms with E-state index in [0.717, 1.165) is 6.42 Å². The minimum absolute atomic E-state index is 0.117. The van der Waals surface area contributed by atoms with Gasteiger partial charge in [-0.15, -0.1) is 0 Å². The molecule has 34 heavy (non-hydrogen) atoms. The summed E-state index contributed by atoms with van der Waals surface area (Å²) in [4.78, 5) is 42.4. The molecular weight excluding hydrogens is 450 g/mol. The van der Waals surface area contributed by atoms with E-state index in [1.54, 1.807) is 22.8 Å². The van der Waals surface area contributed by atoms with Crippen molar-refractivity contribution in [2.75, 3.05) is 19.4 Å². The molecule has 3 aromatic rings. The lowest BCUT2D eigenvalue weighted by atomic mass is 9.96. The smallest absolute Gasteiger partial charge is 0.337 e. The molecule has 0 fully saturated rings. The van der Waals surface area contributed by atoms with Crippen molar-refractivity contribution >= 4 is 34.5 Å². The molecule has 0 aliphatic heterocycles. The summed E-state index contributed by atoms with van der Waals surface area (Å²) in [6.07, 6.45) is 0.917. The third-order valence-corrected chi connectivity index (χ3v) is 6.51. The topological polar surface area (TPSA) is 90.3 Å². The van der Waals surface area contributed by atoms with Crippen LogP contribution in [0.2, 0.25) is 0 Å². The van der Waals surface area contributed by atoms with Crippen LogP contribution >= 0.6 is 11.8 Å². The van der Waals surface area contributed by atoms with Gasteiger partial charge in [0.2, 0.25) is 5.91 Å². The van der Waals surface area contributed by atoms with Gasteiger partial charge < -0.3 is 10.1 Å². The Labute approximate surface area is 203 Å². The molecule has 0 spiro atoms. The number of carbonyl (C=O) groups excluding carboxylic acids is 2. The fourth-order valence-corrected chi connectivity index (χ4v) is 4.56. The maximum Gasteiger partial charge on any atom is 0.337 e. The molecule has 0 saturated carbocycles. The lowest BCUT2D eigenvalue weighted by Gasteiger charge is -2.17. The first-order valence-corrected chi connectivity index (χ1v) is 12.4. The van der Waals surface area contributed by atoms with Crippen LogP contribution in [0.25, 0.3) is 10.9 Å². The van der Waals surface area contributed by atoms with E-state index in [4.69, 9.17) is 4.74 Å². The van der Waals surface area contributed by atoms with Gasteiger partial charge in [-0.05, 0) is 36.1 Å². The number of ether oxygens (including phenoxy) is 1. The molecule has 3 rings (SSSR count). The summed E-state index contributed by atoms with van der Waals surface area (Å²) >= 11 is 1.22. The van der Waals surface area contributed by atoms with Crippen LogP contribution in [-0.4, -0.2) is 40.8 Å². The van der Waals surface area contributed by atoms with Crippen molar-refractivity contribution in [1.82, 2.24) is 14.9 Å². The number of hydrogen-bond acceptors (Lipinski definition) is 6. The number of benzene rings is 2. The van der Waals surface area contributed by atoms with E-state index in [9.17, 15) is 14.4 Å². The Hall–Kier alpha value is -3.13. The molecule has 0 aliphatic rings. The summed E-state index contributed by atoms with van der Waals surface area (Å²) in [5.74, 6) is -0.0149. The van der Waals surface area contributed by atoms with Crippen molar-refractivity contribution in [3.8, 4) is 0 Å². The zero-order valence-corrected chi connectivity index (χ0v) is 20.9. The van der Waals surface area contributed by atoms with E-state index in [1.807, 2.05) is 32.0 Å². The summed E-state index contributed by atoms with van der Waals surface area (Å²) in [7, 11) is 1.31. The summed E-state index contributed by atoms with van der Waals surface area (Å²) in [5, 5.41) is 3.89. The summed E-state index contributed by atoms with van der Waals surface area (Å²) < 4.78 is 6.39. The molecule has 180 valence electrons. The third kappa shape index (κ3) is 6.26. The number of nitrogens with zero attached hydrogens (tertiary/aromatic N) is 2. The lowest BCUT2D eigenvalue weighted by molar-refractivity contribution is -0.118. The van der Waals surface area contributed by atoms with Gasteiger partial charge in [-0.1, -0.05) is 62.9 Å². The Bertz CT molecular complexity index is 1210. The first-order valence-electron chi connectivity index (χ1n) is 11.4. The van der Waals surface area contributed by atoms with Crippen molar-refractivity contribution in [3.05, 3.63) is 70.0 Å². The maximum atomic E-state index is 13.2. The van der Waals surface area contributed by atoms with E-state index >= 15 is 0 Å². The van der Waals surface area contributed by atoms with Gasteiger partial charge in [0.15, 0.2) is 5.16 Å². The molecule has 1 N–H and O–H groups in total. The van der Waals surface area contributed by atoms with Gasteiger partial charge in [-0.3, -0.25) is 14.2 Å². The molecule has 2 aromatic carbocycles. The molecule has 1 atom stereocenters. The van der Waals surface area contributed by atoms with Crippen LogP contribution in [0.4, 0.5) is 0 Å². The van der Waals surface area contributed by atoms with E-state index in [1.165, 1.54) is 24.4 Å². The first kappa shape index (κ1) is 25.5. The number of amides is 1. The molecule has 0 aliphatic carbocycles. The van der Waals surface area contributed by atoms with Crippen molar-refractivity contribution < 1.29 is 14.3 Å². The molecule has 0 unspecified atom stereocenters. The molecule has 8 heteroatoms. The lowest BCUT2D eigenvalue weighted by Crippen LogP contribution is -2.30. The van der Waals surface area contributed by atoms with Gasteiger partial charge in [0, 0.05) is 19.0 Å². The molecule has 1 heterocycles. The van der Waals surface area contributed by atoms with E-state index in [2.05, 4.69) is 29.4 Å². The maximum absolute atomic E-state index is 13.2. The Kier molecular flexibility index (Phi) is 8.87. The van der Waals surface area contributed by atoms with Crippen LogP contribution in [0, 0.1) is 5.92 Å². The number of esters is 1. The standard InChI is InChI=1S/C26H31N3O4S/c1-5-18(19-9-7-6-8-10-19)14-27-23(30)16-34-26-28-22-13-20(25(32)33-4)11-12-21(22)24(31)29(26)15-17(2)3/h6-13,17-18H,5,14-16H2,1-4H3,(H,27,30)/t18-/m1/s1. The van der Waals surface area contributed by atoms with Crippen LogP contribution < -0.4 is 10.9 Å². The number of fused-ring (bicyclic) bond motifs is 1. The third-order valence-electron chi connectivity index (χ3n) is 5.53. The predicted molar refractivity (Wildman–Crippen MR) is 135 cm³/mol. The molecule has 0 bridgehead atoms. The highest BCUT2D eigenvalue weighted by molar-refractivity contribution is 7.99. The van der Waals surface area contributed by atoms with Crippen molar-refractivity contribution in [3.63, 3.8) is 0 Å². The average Bonchev–Trinajstić information content (AvgIpc) is 2.84. The Morgan fingerprint density at radius 3 is 2.53 bits per heavy atom. The molecule has 0 radical (unpaired) electrons. The molecule has 1 aromatic heterocycles. The van der Waals surface area contributed by atoms with Crippen molar-refractivity contribution in [1.29, 1.82) is 0 Å². The monoisotopic (exact) mass is 481 g/mol. The minimum Gasteiger partial charge on any atom is -0.465 e. The molecule has 0 saturated heterocycles. The predicted octanol–water partition coefficient (Wildman–Crippen LogP) is 4.24. The van der Waals surface area contributed by atoms with E-state index in [-0.39, 0.29) is 29.1 Å². The summed E-state index contributed by atoms with van der Waals surface area (Å²) in [5.41, 5.74) is 1.74. The van der Waals surface area contributed by atoms with Gasteiger partial charge in [0.1, 0.15) is 0 Å². The molecular formula is C26H31N3O4S. The number of aromatic nitrogens is 2. The SMILES string of the molecule is CC[C@H](CNC(=O)CSc1nc2cc(C(=O)OC)ccc2c(=O)n1CC(C)C)c1ccccc1. The second-order valence-corrected chi connectivity index (χ2v) is 9.48. The van der Waals surface area contributed by atoms with Crippen LogP contribution in [0.15, 0.2) is 58.5 Å². The fraction of sp³-hybridized carbons (Fsp3) is 0.385. The second kappa shape index (κ2) is 11.8. The normalized spacial score (nSPS) is 12.0. The Morgan fingerprint density at radius 2 is 1.88 bits per heavy atom.